The maximum atomic E-state index is 13.8. The van der Waals surface area contributed by atoms with E-state index >= 15 is 0 Å². The smallest absolute Gasteiger partial charge is 0.274 e. The second-order valence-corrected chi connectivity index (χ2v) is 7.80. The number of halogens is 11. The third-order valence-corrected chi connectivity index (χ3v) is 5.00. The number of carbonyl (C=O) groups excluding carboxylic acids is 2. The van der Waals surface area contributed by atoms with Crippen LogP contribution >= 0.6 is 23.2 Å². The summed E-state index contributed by atoms with van der Waals surface area (Å²) in [6, 6.07) is 0.616. The predicted molar refractivity (Wildman–Crippen MR) is 106 cm³/mol. The lowest BCUT2D eigenvalue weighted by molar-refractivity contribution is -0.151. The first-order valence-electron chi connectivity index (χ1n) is 9.08. The molecule has 0 aliphatic carbocycles. The lowest BCUT2D eigenvalue weighted by Crippen LogP contribution is -2.35. The standard InChI is InChI=1S/C18H8Cl2F9N5O2/c1-5(35)33(6(2)36)14-10-12(17(24,25)26)30-15(18(27,28)29)31-13(10)32-34(14)11-8(19)3-7(4-9(11)20)16(21,22)23/h3-4H,1-2H3. The van der Waals surface area contributed by atoms with E-state index in [0.717, 1.165) is 13.8 Å². The number of alkyl halides is 9. The number of imide groups is 1. The van der Waals surface area contributed by atoms with Crippen molar-refractivity contribution >= 4 is 51.9 Å². The number of fused-ring (bicyclic) bond motifs is 1. The third kappa shape index (κ3) is 4.91. The van der Waals surface area contributed by atoms with Gasteiger partial charge in [0.1, 0.15) is 5.69 Å². The van der Waals surface area contributed by atoms with Crippen LogP contribution in [0.25, 0.3) is 16.7 Å². The quantitative estimate of drug-likeness (QED) is 0.351. The van der Waals surface area contributed by atoms with Gasteiger partial charge in [-0.15, -0.1) is 5.10 Å². The van der Waals surface area contributed by atoms with Crippen molar-refractivity contribution in [1.82, 2.24) is 19.7 Å². The first kappa shape index (κ1) is 27.4. The fourth-order valence-corrected chi connectivity index (χ4v) is 3.77. The molecule has 36 heavy (non-hydrogen) atoms. The van der Waals surface area contributed by atoms with Gasteiger partial charge in [-0.25, -0.2) is 19.5 Å². The van der Waals surface area contributed by atoms with Gasteiger partial charge in [0, 0.05) is 13.8 Å². The fraction of sp³-hybridized carbons (Fsp3) is 0.278. The van der Waals surface area contributed by atoms with E-state index in [0.29, 0.717) is 12.1 Å². The van der Waals surface area contributed by atoms with Crippen molar-refractivity contribution in [2.45, 2.75) is 32.4 Å². The van der Waals surface area contributed by atoms with Gasteiger partial charge < -0.3 is 0 Å². The number of amides is 2. The summed E-state index contributed by atoms with van der Waals surface area (Å²) in [5.74, 6) is -5.88. The van der Waals surface area contributed by atoms with Crippen LogP contribution in [0.4, 0.5) is 45.3 Å². The largest absolute Gasteiger partial charge is 0.451 e. The van der Waals surface area contributed by atoms with Gasteiger partial charge in [0.25, 0.3) is 0 Å². The molecule has 0 aliphatic rings. The zero-order valence-electron chi connectivity index (χ0n) is 17.4. The number of anilines is 1. The second-order valence-electron chi connectivity index (χ2n) is 6.99. The van der Waals surface area contributed by atoms with E-state index in [1.807, 2.05) is 0 Å². The summed E-state index contributed by atoms with van der Waals surface area (Å²) < 4.78 is 121. The number of rotatable bonds is 2. The lowest BCUT2D eigenvalue weighted by Gasteiger charge is -2.21. The Labute approximate surface area is 203 Å². The summed E-state index contributed by atoms with van der Waals surface area (Å²) in [5, 5.41) is 0.398. The van der Waals surface area contributed by atoms with E-state index in [-0.39, 0.29) is 9.58 Å². The molecule has 2 amide bonds. The van der Waals surface area contributed by atoms with Crippen LogP contribution in [0.1, 0.15) is 30.9 Å². The Morgan fingerprint density at radius 3 is 1.72 bits per heavy atom. The Hall–Kier alpha value is -3.14. The minimum absolute atomic E-state index is 0.0749. The molecule has 18 heteroatoms. The molecule has 0 atom stereocenters. The molecule has 3 aromatic rings. The van der Waals surface area contributed by atoms with Crippen molar-refractivity contribution in [2.75, 3.05) is 4.90 Å². The highest BCUT2D eigenvalue weighted by Crippen LogP contribution is 2.44. The summed E-state index contributed by atoms with van der Waals surface area (Å²) in [4.78, 5) is 30.0. The highest BCUT2D eigenvalue weighted by Gasteiger charge is 2.44. The van der Waals surface area contributed by atoms with Gasteiger partial charge >= 0.3 is 18.5 Å². The van der Waals surface area contributed by atoms with Gasteiger partial charge in [-0.3, -0.25) is 9.59 Å². The Morgan fingerprint density at radius 1 is 0.833 bits per heavy atom. The minimum atomic E-state index is -5.60. The molecule has 0 radical (unpaired) electrons. The Kier molecular flexibility index (Phi) is 6.68. The summed E-state index contributed by atoms with van der Waals surface area (Å²) in [6.07, 6.45) is -16.1. The van der Waals surface area contributed by atoms with Crippen LogP contribution in [-0.4, -0.2) is 31.6 Å². The average molecular weight is 568 g/mol. The summed E-state index contributed by atoms with van der Waals surface area (Å²) in [6.45, 7) is 1.44. The highest BCUT2D eigenvalue weighted by molar-refractivity contribution is 6.38. The van der Waals surface area contributed by atoms with E-state index in [4.69, 9.17) is 23.2 Å². The van der Waals surface area contributed by atoms with Crippen molar-refractivity contribution in [1.29, 1.82) is 0 Å². The van der Waals surface area contributed by atoms with E-state index < -0.39 is 80.0 Å². The molecular weight excluding hydrogens is 560 g/mol. The van der Waals surface area contributed by atoms with Crippen molar-refractivity contribution in [3.8, 4) is 5.69 Å². The molecule has 0 N–H and O–H groups in total. The molecular formula is C18H8Cl2F9N5O2. The van der Waals surface area contributed by atoms with E-state index in [9.17, 15) is 49.1 Å². The van der Waals surface area contributed by atoms with Gasteiger partial charge in [-0.2, -0.15) is 39.5 Å². The van der Waals surface area contributed by atoms with Gasteiger partial charge in [-0.1, -0.05) is 23.2 Å². The normalized spacial score (nSPS) is 12.8. The van der Waals surface area contributed by atoms with Crippen LogP contribution in [0.3, 0.4) is 0 Å². The molecule has 0 aliphatic heterocycles. The first-order valence-corrected chi connectivity index (χ1v) is 9.83. The van der Waals surface area contributed by atoms with Crippen molar-refractivity contribution in [3.63, 3.8) is 0 Å². The maximum Gasteiger partial charge on any atom is 0.451 e. The van der Waals surface area contributed by atoms with Gasteiger partial charge in [-0.05, 0) is 12.1 Å². The summed E-state index contributed by atoms with van der Waals surface area (Å²) in [5.41, 5.74) is -5.70. The minimum Gasteiger partial charge on any atom is -0.274 e. The molecule has 0 fully saturated rings. The number of carbonyl (C=O) groups is 2. The van der Waals surface area contributed by atoms with Gasteiger partial charge in [0.05, 0.1) is 21.0 Å². The van der Waals surface area contributed by atoms with E-state index in [1.54, 1.807) is 0 Å². The number of hydrogen-bond donors (Lipinski definition) is 0. The monoisotopic (exact) mass is 567 g/mol. The predicted octanol–water partition coefficient (Wildman–Crippen LogP) is 6.08. The highest BCUT2D eigenvalue weighted by atomic mass is 35.5. The third-order valence-electron chi connectivity index (χ3n) is 4.43. The van der Waals surface area contributed by atoms with Crippen molar-refractivity contribution in [3.05, 3.63) is 39.3 Å². The number of aromatic nitrogens is 4. The topological polar surface area (TPSA) is 81.0 Å². The Morgan fingerprint density at radius 2 is 1.33 bits per heavy atom. The summed E-state index contributed by atoms with van der Waals surface area (Å²) >= 11 is 11.8. The maximum absolute atomic E-state index is 13.8. The van der Waals surface area contributed by atoms with Crippen LogP contribution in [0, 0.1) is 0 Å². The molecule has 0 saturated carbocycles. The van der Waals surface area contributed by atoms with Crippen molar-refractivity contribution in [2.24, 2.45) is 0 Å². The molecule has 0 spiro atoms. The molecule has 2 aromatic heterocycles. The SMILES string of the molecule is CC(=O)N(C(C)=O)c1c2c(C(F)(F)F)nc(C(F)(F)F)nc2nn1-c1c(Cl)cc(C(F)(F)F)cc1Cl. The lowest BCUT2D eigenvalue weighted by atomic mass is 10.2. The second kappa shape index (κ2) is 8.76. The number of nitrogens with zero attached hydrogens (tertiary/aromatic N) is 5. The molecule has 7 nitrogen and oxygen atoms in total. The van der Waals surface area contributed by atoms with Gasteiger partial charge in [0.15, 0.2) is 17.2 Å². The first-order chi connectivity index (χ1) is 16.2. The van der Waals surface area contributed by atoms with Gasteiger partial charge in [0.2, 0.25) is 17.6 Å². The zero-order valence-corrected chi connectivity index (χ0v) is 18.9. The van der Waals surface area contributed by atoms with Crippen LogP contribution in [0.15, 0.2) is 12.1 Å². The fourth-order valence-electron chi connectivity index (χ4n) is 3.12. The number of benzene rings is 1. The summed E-state index contributed by atoms with van der Waals surface area (Å²) in [7, 11) is 0. The van der Waals surface area contributed by atoms with Crippen LogP contribution < -0.4 is 4.90 Å². The van der Waals surface area contributed by atoms with Crippen LogP contribution in [0.5, 0.6) is 0 Å². The molecule has 3 rings (SSSR count). The molecule has 2 heterocycles. The van der Waals surface area contributed by atoms with Crippen LogP contribution in [0.2, 0.25) is 10.0 Å². The van der Waals surface area contributed by atoms with Crippen LogP contribution in [-0.2, 0) is 28.1 Å². The Balaban J connectivity index is 2.59. The molecule has 194 valence electrons. The molecule has 1 aromatic carbocycles. The van der Waals surface area contributed by atoms with E-state index in [2.05, 4.69) is 15.1 Å². The zero-order chi connectivity index (χ0) is 27.5. The Bertz CT molecular complexity index is 1360. The molecule has 0 unspecified atom stereocenters. The van der Waals surface area contributed by atoms with E-state index in [1.165, 1.54) is 0 Å². The average Bonchev–Trinajstić information content (AvgIpc) is 3.02. The molecule has 0 bridgehead atoms. The van der Waals surface area contributed by atoms with Crippen molar-refractivity contribution < 1.29 is 49.1 Å². The number of hydrogen-bond acceptors (Lipinski definition) is 5. The molecule has 0 saturated heterocycles.